The van der Waals surface area contributed by atoms with E-state index in [-0.39, 0.29) is 12.2 Å². The molecule has 2 atom stereocenters. The highest BCUT2D eigenvalue weighted by atomic mass is 32.1. The van der Waals surface area contributed by atoms with E-state index in [0.717, 1.165) is 19.6 Å². The molecule has 1 fully saturated rings. The Bertz CT molecular complexity index is 428. The minimum absolute atomic E-state index is 0.283. The first-order valence-electron chi connectivity index (χ1n) is 6.17. The highest BCUT2D eigenvalue weighted by molar-refractivity contribution is 7.80. The van der Waals surface area contributed by atoms with E-state index in [0.29, 0.717) is 10.7 Å². The van der Waals surface area contributed by atoms with Gasteiger partial charge in [0.1, 0.15) is 4.99 Å². The maximum atomic E-state index is 5.72. The van der Waals surface area contributed by atoms with Crippen molar-refractivity contribution in [3.63, 3.8) is 0 Å². The Balaban J connectivity index is 2.04. The van der Waals surface area contributed by atoms with Crippen molar-refractivity contribution in [2.24, 2.45) is 5.73 Å². The molecule has 0 saturated carbocycles. The molecule has 1 aliphatic rings. The van der Waals surface area contributed by atoms with E-state index in [9.17, 15) is 0 Å². The zero-order valence-electron chi connectivity index (χ0n) is 10.8. The van der Waals surface area contributed by atoms with Crippen molar-refractivity contribution in [1.82, 2.24) is 9.88 Å². The van der Waals surface area contributed by atoms with E-state index in [1.54, 1.807) is 6.20 Å². The molecule has 2 N–H and O–H groups in total. The minimum Gasteiger partial charge on any atom is -0.388 e. The van der Waals surface area contributed by atoms with Gasteiger partial charge in [0.2, 0.25) is 0 Å². The fourth-order valence-corrected chi connectivity index (χ4v) is 2.49. The van der Waals surface area contributed by atoms with Crippen LogP contribution in [0.15, 0.2) is 18.3 Å². The molecule has 2 heterocycles. The Labute approximate surface area is 113 Å². The second-order valence-electron chi connectivity index (χ2n) is 4.86. The second kappa shape index (κ2) is 5.73. The largest absolute Gasteiger partial charge is 0.388 e. The van der Waals surface area contributed by atoms with Gasteiger partial charge in [0.15, 0.2) is 0 Å². The summed E-state index contributed by atoms with van der Waals surface area (Å²) < 4.78 is 5.72. The summed E-state index contributed by atoms with van der Waals surface area (Å²) in [5.74, 6) is 0. The van der Waals surface area contributed by atoms with Crippen molar-refractivity contribution in [2.45, 2.75) is 32.6 Å². The summed E-state index contributed by atoms with van der Waals surface area (Å²) in [6.45, 7) is 7.01. The molecule has 0 aromatic carbocycles. The number of thiocarbonyl (C=S) groups is 1. The standard InChI is InChI=1S/C13H19N3OS/c1-9-6-16(7-10(2)17-9)8-11-3-4-15-12(5-11)13(14)18/h3-5,9-10H,6-8H2,1-2H3,(H2,14,18)/t9-,10+. The molecule has 18 heavy (non-hydrogen) atoms. The second-order valence-corrected chi connectivity index (χ2v) is 5.30. The summed E-state index contributed by atoms with van der Waals surface area (Å²) in [4.78, 5) is 6.89. The predicted octanol–water partition coefficient (Wildman–Crippen LogP) is 1.33. The first-order valence-corrected chi connectivity index (χ1v) is 6.58. The number of hydrogen-bond donors (Lipinski definition) is 1. The summed E-state index contributed by atoms with van der Waals surface area (Å²) >= 11 is 4.95. The zero-order chi connectivity index (χ0) is 13.1. The molecule has 0 spiro atoms. The molecule has 0 amide bonds. The Morgan fingerprint density at radius 2 is 2.17 bits per heavy atom. The zero-order valence-corrected chi connectivity index (χ0v) is 11.6. The monoisotopic (exact) mass is 265 g/mol. The van der Waals surface area contributed by atoms with Gasteiger partial charge < -0.3 is 10.5 Å². The molecule has 4 nitrogen and oxygen atoms in total. The number of aromatic nitrogens is 1. The lowest BCUT2D eigenvalue weighted by Gasteiger charge is -2.35. The predicted molar refractivity (Wildman–Crippen MR) is 75.4 cm³/mol. The van der Waals surface area contributed by atoms with Gasteiger partial charge in [0, 0.05) is 25.8 Å². The third kappa shape index (κ3) is 3.48. The molecular weight excluding hydrogens is 246 g/mol. The Kier molecular flexibility index (Phi) is 4.27. The summed E-state index contributed by atoms with van der Waals surface area (Å²) in [5.41, 5.74) is 7.48. The van der Waals surface area contributed by atoms with E-state index in [1.165, 1.54) is 5.56 Å². The number of rotatable bonds is 3. The van der Waals surface area contributed by atoms with Gasteiger partial charge in [-0.3, -0.25) is 9.88 Å². The number of hydrogen-bond acceptors (Lipinski definition) is 4. The maximum absolute atomic E-state index is 5.72. The lowest BCUT2D eigenvalue weighted by molar-refractivity contribution is -0.0704. The van der Waals surface area contributed by atoms with Gasteiger partial charge in [0.05, 0.1) is 17.9 Å². The van der Waals surface area contributed by atoms with Gasteiger partial charge in [-0.2, -0.15) is 0 Å². The number of ether oxygens (including phenoxy) is 1. The van der Waals surface area contributed by atoms with Crippen LogP contribution in [-0.4, -0.2) is 40.2 Å². The normalized spacial score (nSPS) is 25.0. The van der Waals surface area contributed by atoms with E-state index in [4.69, 9.17) is 22.7 Å². The van der Waals surface area contributed by atoms with Gasteiger partial charge in [0.25, 0.3) is 0 Å². The molecule has 1 aliphatic heterocycles. The van der Waals surface area contributed by atoms with Crippen LogP contribution in [0.25, 0.3) is 0 Å². The highest BCUT2D eigenvalue weighted by Gasteiger charge is 2.22. The summed E-state index contributed by atoms with van der Waals surface area (Å²) in [6.07, 6.45) is 2.33. The first kappa shape index (κ1) is 13.4. The number of morpholine rings is 1. The van der Waals surface area contributed by atoms with Crippen LogP contribution >= 0.6 is 12.2 Å². The molecule has 98 valence electrons. The van der Waals surface area contributed by atoms with E-state index in [1.807, 2.05) is 12.1 Å². The van der Waals surface area contributed by atoms with E-state index in [2.05, 4.69) is 23.7 Å². The molecular formula is C13H19N3OS. The summed E-state index contributed by atoms with van der Waals surface area (Å²) in [6, 6.07) is 3.97. The summed E-state index contributed by atoms with van der Waals surface area (Å²) in [7, 11) is 0. The smallest absolute Gasteiger partial charge is 0.122 e. The van der Waals surface area contributed by atoms with Crippen LogP contribution in [0.5, 0.6) is 0 Å². The van der Waals surface area contributed by atoms with Crippen LogP contribution in [0.4, 0.5) is 0 Å². The van der Waals surface area contributed by atoms with Crippen LogP contribution in [0.2, 0.25) is 0 Å². The van der Waals surface area contributed by atoms with Crippen LogP contribution in [0.3, 0.4) is 0 Å². The third-order valence-electron chi connectivity index (χ3n) is 2.98. The topological polar surface area (TPSA) is 51.4 Å². The van der Waals surface area contributed by atoms with Crippen molar-refractivity contribution in [3.05, 3.63) is 29.6 Å². The van der Waals surface area contributed by atoms with Gasteiger partial charge in [-0.25, -0.2) is 0 Å². The van der Waals surface area contributed by atoms with Crippen molar-refractivity contribution in [2.75, 3.05) is 13.1 Å². The van der Waals surface area contributed by atoms with E-state index < -0.39 is 0 Å². The molecule has 5 heteroatoms. The van der Waals surface area contributed by atoms with Crippen molar-refractivity contribution in [1.29, 1.82) is 0 Å². The number of pyridine rings is 1. The average Bonchev–Trinajstić information content (AvgIpc) is 2.27. The van der Waals surface area contributed by atoms with Gasteiger partial charge in [-0.1, -0.05) is 12.2 Å². The maximum Gasteiger partial charge on any atom is 0.122 e. The molecule has 0 aliphatic carbocycles. The molecule has 1 aromatic heterocycles. The minimum atomic E-state index is 0.283. The number of nitrogens with two attached hydrogens (primary N) is 1. The molecule has 2 rings (SSSR count). The van der Waals surface area contributed by atoms with Crippen LogP contribution in [0.1, 0.15) is 25.1 Å². The van der Waals surface area contributed by atoms with Crippen molar-refractivity contribution >= 4 is 17.2 Å². The van der Waals surface area contributed by atoms with Crippen LogP contribution < -0.4 is 5.73 Å². The molecule has 1 saturated heterocycles. The Morgan fingerprint density at radius 1 is 1.50 bits per heavy atom. The van der Waals surface area contributed by atoms with Gasteiger partial charge >= 0.3 is 0 Å². The van der Waals surface area contributed by atoms with E-state index >= 15 is 0 Å². The van der Waals surface area contributed by atoms with Crippen molar-refractivity contribution in [3.8, 4) is 0 Å². The third-order valence-corrected chi connectivity index (χ3v) is 3.19. The van der Waals surface area contributed by atoms with Crippen LogP contribution in [-0.2, 0) is 11.3 Å². The Hall–Kier alpha value is -1.04. The van der Waals surface area contributed by atoms with Crippen molar-refractivity contribution < 1.29 is 4.74 Å². The van der Waals surface area contributed by atoms with Crippen LogP contribution in [0, 0.1) is 0 Å². The fraction of sp³-hybridized carbons (Fsp3) is 0.538. The van der Waals surface area contributed by atoms with Gasteiger partial charge in [-0.05, 0) is 31.5 Å². The lowest BCUT2D eigenvalue weighted by Crippen LogP contribution is -2.44. The molecule has 1 aromatic rings. The molecule has 0 bridgehead atoms. The van der Waals surface area contributed by atoms with Gasteiger partial charge in [-0.15, -0.1) is 0 Å². The number of nitrogens with zero attached hydrogens (tertiary/aromatic N) is 2. The molecule has 0 unspecified atom stereocenters. The first-order chi connectivity index (χ1) is 8.54. The quantitative estimate of drug-likeness (QED) is 0.836. The summed E-state index contributed by atoms with van der Waals surface area (Å²) in [5, 5.41) is 0. The fourth-order valence-electron chi connectivity index (χ4n) is 2.38. The lowest BCUT2D eigenvalue weighted by atomic mass is 10.1. The highest BCUT2D eigenvalue weighted by Crippen LogP contribution is 2.14. The Morgan fingerprint density at radius 3 is 2.78 bits per heavy atom. The average molecular weight is 265 g/mol. The SMILES string of the molecule is C[C@@H]1CN(Cc2ccnc(C(N)=S)c2)C[C@H](C)O1. The molecule has 0 radical (unpaired) electrons.